The summed E-state index contributed by atoms with van der Waals surface area (Å²) in [5, 5.41) is 5.68. The largest absolute Gasteiger partial charge is 0.360 e. The van der Waals surface area contributed by atoms with Crippen LogP contribution in [0.2, 0.25) is 0 Å². The van der Waals surface area contributed by atoms with Crippen LogP contribution in [0.3, 0.4) is 0 Å². The molecule has 0 aliphatic rings. The summed E-state index contributed by atoms with van der Waals surface area (Å²) in [6.45, 7) is 2.55. The first-order valence-electron chi connectivity index (χ1n) is 6.01. The van der Waals surface area contributed by atoms with Crippen molar-refractivity contribution in [2.24, 2.45) is 12.8 Å². The molecule has 0 bridgehead atoms. The van der Waals surface area contributed by atoms with E-state index < -0.39 is 0 Å². The Morgan fingerprint density at radius 3 is 2.83 bits per heavy atom. The third-order valence-corrected chi connectivity index (χ3v) is 3.42. The van der Waals surface area contributed by atoms with E-state index in [0.29, 0.717) is 6.54 Å². The van der Waals surface area contributed by atoms with Crippen LogP contribution in [0.4, 0.5) is 0 Å². The summed E-state index contributed by atoms with van der Waals surface area (Å²) in [7, 11) is 1.96. The molecule has 0 spiro atoms. The highest BCUT2D eigenvalue weighted by Crippen LogP contribution is 2.31. The zero-order valence-electron chi connectivity index (χ0n) is 10.6. The molecule has 3 N–H and O–H groups in total. The van der Waals surface area contributed by atoms with E-state index >= 15 is 0 Å². The number of H-pyrrole nitrogens is 1. The molecule has 92 valence electrons. The molecular formula is C14H16N4. The molecule has 3 rings (SSSR count). The molecule has 2 heterocycles. The van der Waals surface area contributed by atoms with Gasteiger partial charge in [0.2, 0.25) is 0 Å². The molecule has 4 heteroatoms. The lowest BCUT2D eigenvalue weighted by molar-refractivity contribution is 0.749. The predicted octanol–water partition coefficient (Wildman–Crippen LogP) is 2.34. The number of nitrogens with one attached hydrogen (secondary N) is 1. The number of aromatic amines is 1. The molecule has 0 aliphatic carbocycles. The zero-order valence-corrected chi connectivity index (χ0v) is 10.6. The van der Waals surface area contributed by atoms with E-state index in [-0.39, 0.29) is 0 Å². The van der Waals surface area contributed by atoms with Crippen LogP contribution in [0.15, 0.2) is 30.5 Å². The molecule has 0 aliphatic heterocycles. The molecule has 0 amide bonds. The SMILES string of the molecule is Cc1c(CN)nn(C)c1-c1c[nH]c2ccccc12. The van der Waals surface area contributed by atoms with Crippen molar-refractivity contribution in [1.29, 1.82) is 0 Å². The molecule has 0 radical (unpaired) electrons. The minimum Gasteiger partial charge on any atom is -0.360 e. The van der Waals surface area contributed by atoms with Crippen molar-refractivity contribution in [3.63, 3.8) is 0 Å². The van der Waals surface area contributed by atoms with Gasteiger partial charge in [-0.25, -0.2) is 0 Å². The van der Waals surface area contributed by atoms with Crippen LogP contribution in [0.1, 0.15) is 11.3 Å². The average Bonchev–Trinajstić information content (AvgIpc) is 2.91. The van der Waals surface area contributed by atoms with Crippen LogP contribution in [-0.2, 0) is 13.6 Å². The van der Waals surface area contributed by atoms with Crippen molar-refractivity contribution in [3.05, 3.63) is 41.7 Å². The second-order valence-electron chi connectivity index (χ2n) is 4.50. The van der Waals surface area contributed by atoms with Gasteiger partial charge in [-0.05, 0) is 18.6 Å². The van der Waals surface area contributed by atoms with Crippen molar-refractivity contribution in [1.82, 2.24) is 14.8 Å². The maximum absolute atomic E-state index is 5.72. The van der Waals surface area contributed by atoms with Gasteiger partial charge in [0.25, 0.3) is 0 Å². The first-order chi connectivity index (χ1) is 8.72. The lowest BCUT2D eigenvalue weighted by Crippen LogP contribution is -1.99. The van der Waals surface area contributed by atoms with E-state index in [1.165, 1.54) is 10.9 Å². The molecule has 4 nitrogen and oxygen atoms in total. The van der Waals surface area contributed by atoms with Crippen LogP contribution in [0, 0.1) is 6.92 Å². The van der Waals surface area contributed by atoms with Crippen LogP contribution >= 0.6 is 0 Å². The summed E-state index contributed by atoms with van der Waals surface area (Å²) in [5.74, 6) is 0. The Hall–Kier alpha value is -2.07. The number of aromatic nitrogens is 3. The minimum absolute atomic E-state index is 0.474. The Kier molecular flexibility index (Phi) is 2.45. The van der Waals surface area contributed by atoms with E-state index in [1.54, 1.807) is 0 Å². The summed E-state index contributed by atoms with van der Waals surface area (Å²) in [6.07, 6.45) is 2.04. The number of para-hydroxylation sites is 1. The number of aryl methyl sites for hydroxylation is 1. The van der Waals surface area contributed by atoms with Crippen LogP contribution in [0.25, 0.3) is 22.2 Å². The van der Waals surface area contributed by atoms with Crippen molar-refractivity contribution >= 4 is 10.9 Å². The Morgan fingerprint density at radius 2 is 2.11 bits per heavy atom. The highest BCUT2D eigenvalue weighted by Gasteiger charge is 2.15. The van der Waals surface area contributed by atoms with E-state index in [1.807, 2.05) is 24.0 Å². The van der Waals surface area contributed by atoms with Gasteiger partial charge in [0.05, 0.1) is 11.4 Å². The van der Waals surface area contributed by atoms with Gasteiger partial charge in [-0.1, -0.05) is 18.2 Å². The molecule has 2 aromatic heterocycles. The zero-order chi connectivity index (χ0) is 12.7. The number of fused-ring (bicyclic) bond motifs is 1. The van der Waals surface area contributed by atoms with Gasteiger partial charge in [-0.2, -0.15) is 5.10 Å². The predicted molar refractivity (Wildman–Crippen MR) is 73.1 cm³/mol. The Morgan fingerprint density at radius 1 is 1.33 bits per heavy atom. The maximum atomic E-state index is 5.72. The first-order valence-corrected chi connectivity index (χ1v) is 6.01. The molecule has 0 saturated carbocycles. The third kappa shape index (κ3) is 1.46. The van der Waals surface area contributed by atoms with Gasteiger partial charge in [0.15, 0.2) is 0 Å². The van der Waals surface area contributed by atoms with E-state index in [2.05, 4.69) is 35.2 Å². The quantitative estimate of drug-likeness (QED) is 0.722. The molecule has 0 saturated heterocycles. The fraction of sp³-hybridized carbons (Fsp3) is 0.214. The fourth-order valence-electron chi connectivity index (χ4n) is 2.52. The van der Waals surface area contributed by atoms with E-state index in [0.717, 1.165) is 22.5 Å². The third-order valence-electron chi connectivity index (χ3n) is 3.42. The smallest absolute Gasteiger partial charge is 0.0795 e. The highest BCUT2D eigenvalue weighted by molar-refractivity contribution is 5.95. The maximum Gasteiger partial charge on any atom is 0.0795 e. The summed E-state index contributed by atoms with van der Waals surface area (Å²) in [4.78, 5) is 3.30. The van der Waals surface area contributed by atoms with Crippen molar-refractivity contribution in [3.8, 4) is 11.3 Å². The summed E-state index contributed by atoms with van der Waals surface area (Å²) in [5.41, 5.74) is 11.3. The summed E-state index contributed by atoms with van der Waals surface area (Å²) >= 11 is 0. The Labute approximate surface area is 105 Å². The van der Waals surface area contributed by atoms with Crippen molar-refractivity contribution in [2.75, 3.05) is 0 Å². The summed E-state index contributed by atoms with van der Waals surface area (Å²) in [6, 6.07) is 8.28. The fourth-order valence-corrected chi connectivity index (χ4v) is 2.52. The van der Waals surface area contributed by atoms with Gasteiger partial charge < -0.3 is 10.7 Å². The number of hydrogen-bond acceptors (Lipinski definition) is 2. The number of benzene rings is 1. The number of rotatable bonds is 2. The molecule has 0 atom stereocenters. The normalized spacial score (nSPS) is 11.3. The second kappa shape index (κ2) is 3.99. The first kappa shape index (κ1) is 11.0. The lowest BCUT2D eigenvalue weighted by Gasteiger charge is -2.02. The monoisotopic (exact) mass is 240 g/mol. The molecular weight excluding hydrogens is 224 g/mol. The molecule has 1 aromatic carbocycles. The number of nitrogens with two attached hydrogens (primary N) is 1. The van der Waals surface area contributed by atoms with Crippen molar-refractivity contribution in [2.45, 2.75) is 13.5 Å². The van der Waals surface area contributed by atoms with Gasteiger partial charge in [0.1, 0.15) is 0 Å². The second-order valence-corrected chi connectivity index (χ2v) is 4.50. The average molecular weight is 240 g/mol. The number of hydrogen-bond donors (Lipinski definition) is 2. The minimum atomic E-state index is 0.474. The van der Waals surface area contributed by atoms with Crippen LogP contribution < -0.4 is 5.73 Å². The van der Waals surface area contributed by atoms with Gasteiger partial charge >= 0.3 is 0 Å². The molecule has 18 heavy (non-hydrogen) atoms. The Bertz CT molecular complexity index is 706. The van der Waals surface area contributed by atoms with Crippen LogP contribution in [-0.4, -0.2) is 14.8 Å². The number of nitrogens with zero attached hydrogens (tertiary/aromatic N) is 2. The topological polar surface area (TPSA) is 59.6 Å². The lowest BCUT2D eigenvalue weighted by atomic mass is 10.1. The van der Waals surface area contributed by atoms with Gasteiger partial charge in [-0.15, -0.1) is 0 Å². The van der Waals surface area contributed by atoms with Gasteiger partial charge in [-0.3, -0.25) is 4.68 Å². The molecule has 0 unspecified atom stereocenters. The van der Waals surface area contributed by atoms with E-state index in [4.69, 9.17) is 5.73 Å². The van der Waals surface area contributed by atoms with Crippen molar-refractivity contribution < 1.29 is 0 Å². The van der Waals surface area contributed by atoms with Crippen LogP contribution in [0.5, 0.6) is 0 Å². The standard InChI is InChI=1S/C14H16N4/c1-9-13(7-15)17-18(2)14(9)11-8-16-12-6-4-3-5-10(11)12/h3-6,8,16H,7,15H2,1-2H3. The van der Waals surface area contributed by atoms with E-state index in [9.17, 15) is 0 Å². The molecule has 3 aromatic rings. The summed E-state index contributed by atoms with van der Waals surface area (Å²) < 4.78 is 1.91. The Balaban J connectivity index is 2.29. The molecule has 0 fully saturated rings. The van der Waals surface area contributed by atoms with Gasteiger partial charge in [0, 0.05) is 36.3 Å². The highest BCUT2D eigenvalue weighted by atomic mass is 15.3.